The molecule has 0 radical (unpaired) electrons. The molecule has 2 aliphatic rings. The largest absolute Gasteiger partial charge is 0.344 e. The van der Waals surface area contributed by atoms with Crippen LogP contribution >= 0.6 is 0 Å². The highest BCUT2D eigenvalue weighted by Crippen LogP contribution is 2.20. The van der Waals surface area contributed by atoms with E-state index in [1.54, 1.807) is 0 Å². The number of carbonyl (C=O) groups excluding carboxylic acids is 2. The van der Waals surface area contributed by atoms with Crippen molar-refractivity contribution in [2.24, 2.45) is 0 Å². The molecule has 4 rings (SSSR count). The van der Waals surface area contributed by atoms with E-state index in [0.717, 1.165) is 17.2 Å². The molecule has 1 atom stereocenters. The lowest BCUT2D eigenvalue weighted by Crippen LogP contribution is -2.53. The van der Waals surface area contributed by atoms with Gasteiger partial charge in [0.2, 0.25) is 17.8 Å². The summed E-state index contributed by atoms with van der Waals surface area (Å²) in [6.07, 6.45) is 1.02. The Morgan fingerprint density at radius 3 is 2.48 bits per heavy atom. The first-order valence-corrected chi connectivity index (χ1v) is 10.0. The zero-order valence-corrected chi connectivity index (χ0v) is 16.8. The Hall–Kier alpha value is -3.16. The fraction of sp³-hybridized carbons (Fsp3) is 0.429. The maximum Gasteiger partial charge on any atom is 0.245 e. The summed E-state index contributed by atoms with van der Waals surface area (Å²) in [6.45, 7) is 6.54. The van der Waals surface area contributed by atoms with Crippen LogP contribution in [0.3, 0.4) is 0 Å². The number of nitrogens with one attached hydrogen (secondary N) is 2. The zero-order chi connectivity index (χ0) is 20.4. The number of piperazine rings is 1. The van der Waals surface area contributed by atoms with Gasteiger partial charge in [-0.25, -0.2) is 4.98 Å². The number of anilines is 3. The quantitative estimate of drug-likeness (QED) is 0.821. The number of carbonyl (C=O) groups is 2. The average molecular weight is 394 g/mol. The average Bonchev–Trinajstić information content (AvgIpc) is 3.15. The van der Waals surface area contributed by atoms with Crippen molar-refractivity contribution in [2.75, 3.05) is 36.4 Å². The molecule has 0 aliphatic carbocycles. The lowest BCUT2D eigenvalue weighted by Gasteiger charge is -2.36. The molecular weight excluding hydrogens is 368 g/mol. The standard InChI is InChI=1S/C21H26N6O2/c1-14-3-5-16(6-4-14)23-18-13-15(2)22-21(25-18)27-11-9-26(10-12-27)20(29)17-7-8-19(28)24-17/h3-6,13,17H,7-12H2,1-2H3,(H,24,28)(H,22,23,25). The molecule has 2 aliphatic heterocycles. The van der Waals surface area contributed by atoms with Crippen molar-refractivity contribution in [1.82, 2.24) is 20.2 Å². The topological polar surface area (TPSA) is 90.5 Å². The molecule has 8 heteroatoms. The summed E-state index contributed by atoms with van der Waals surface area (Å²) in [6, 6.07) is 9.72. The van der Waals surface area contributed by atoms with Crippen molar-refractivity contribution in [3.63, 3.8) is 0 Å². The molecule has 1 aromatic heterocycles. The van der Waals surface area contributed by atoms with E-state index >= 15 is 0 Å². The van der Waals surface area contributed by atoms with E-state index in [-0.39, 0.29) is 17.9 Å². The summed E-state index contributed by atoms with van der Waals surface area (Å²) < 4.78 is 0. The normalized spacial score (nSPS) is 19.2. The van der Waals surface area contributed by atoms with Crippen LogP contribution in [0, 0.1) is 13.8 Å². The Morgan fingerprint density at radius 2 is 1.83 bits per heavy atom. The number of hydrogen-bond acceptors (Lipinski definition) is 6. The monoisotopic (exact) mass is 394 g/mol. The second kappa shape index (κ2) is 8.06. The predicted octanol–water partition coefficient (Wildman–Crippen LogP) is 1.76. The molecule has 1 aromatic carbocycles. The molecule has 29 heavy (non-hydrogen) atoms. The van der Waals surface area contributed by atoms with E-state index in [1.165, 1.54) is 5.56 Å². The molecule has 0 bridgehead atoms. The van der Waals surface area contributed by atoms with Gasteiger partial charge in [0.25, 0.3) is 0 Å². The molecular formula is C21H26N6O2. The van der Waals surface area contributed by atoms with Gasteiger partial charge in [-0.15, -0.1) is 0 Å². The Morgan fingerprint density at radius 1 is 1.10 bits per heavy atom. The third-order valence-electron chi connectivity index (χ3n) is 5.33. The minimum Gasteiger partial charge on any atom is -0.344 e. The molecule has 3 heterocycles. The molecule has 0 saturated carbocycles. The van der Waals surface area contributed by atoms with E-state index in [0.29, 0.717) is 45.0 Å². The summed E-state index contributed by atoms with van der Waals surface area (Å²) in [5.41, 5.74) is 3.07. The molecule has 1 unspecified atom stereocenters. The Bertz CT molecular complexity index is 906. The minimum absolute atomic E-state index is 0.0161. The van der Waals surface area contributed by atoms with E-state index in [9.17, 15) is 9.59 Å². The van der Waals surface area contributed by atoms with Gasteiger partial charge in [-0.3, -0.25) is 9.59 Å². The highest BCUT2D eigenvalue weighted by Gasteiger charge is 2.32. The van der Waals surface area contributed by atoms with Gasteiger partial charge < -0.3 is 20.4 Å². The predicted molar refractivity (Wildman–Crippen MR) is 111 cm³/mol. The number of benzene rings is 1. The van der Waals surface area contributed by atoms with E-state index in [4.69, 9.17) is 0 Å². The molecule has 2 aromatic rings. The summed E-state index contributed by atoms with van der Waals surface area (Å²) >= 11 is 0. The van der Waals surface area contributed by atoms with Gasteiger partial charge >= 0.3 is 0 Å². The number of aryl methyl sites for hydroxylation is 2. The van der Waals surface area contributed by atoms with Crippen LogP contribution in [0.1, 0.15) is 24.1 Å². The summed E-state index contributed by atoms with van der Waals surface area (Å²) in [5, 5.41) is 6.10. The first-order chi connectivity index (χ1) is 14.0. The van der Waals surface area contributed by atoms with Crippen molar-refractivity contribution < 1.29 is 9.59 Å². The maximum atomic E-state index is 12.6. The summed E-state index contributed by atoms with van der Waals surface area (Å²) in [5.74, 6) is 1.40. The van der Waals surface area contributed by atoms with Crippen LogP contribution in [0.4, 0.5) is 17.5 Å². The maximum absolute atomic E-state index is 12.6. The lowest BCUT2D eigenvalue weighted by atomic mass is 10.2. The van der Waals surface area contributed by atoms with Crippen LogP contribution in [-0.4, -0.2) is 58.9 Å². The Kier molecular flexibility index (Phi) is 5.33. The van der Waals surface area contributed by atoms with Crippen molar-refractivity contribution in [2.45, 2.75) is 32.7 Å². The molecule has 8 nitrogen and oxygen atoms in total. The van der Waals surface area contributed by atoms with Crippen LogP contribution < -0.4 is 15.5 Å². The second-order valence-corrected chi connectivity index (χ2v) is 7.66. The summed E-state index contributed by atoms with van der Waals surface area (Å²) in [7, 11) is 0. The first kappa shape index (κ1) is 19.2. The number of aromatic nitrogens is 2. The highest BCUT2D eigenvalue weighted by atomic mass is 16.2. The smallest absolute Gasteiger partial charge is 0.245 e. The van der Waals surface area contributed by atoms with Gasteiger partial charge in [-0.2, -0.15) is 4.98 Å². The Balaban J connectivity index is 1.40. The third-order valence-corrected chi connectivity index (χ3v) is 5.33. The zero-order valence-electron chi connectivity index (χ0n) is 16.8. The minimum atomic E-state index is -0.366. The fourth-order valence-corrected chi connectivity index (χ4v) is 3.69. The molecule has 0 spiro atoms. The molecule has 152 valence electrons. The number of amides is 2. The van der Waals surface area contributed by atoms with Crippen molar-refractivity contribution >= 4 is 29.3 Å². The molecule has 2 amide bonds. The van der Waals surface area contributed by atoms with Crippen molar-refractivity contribution in [3.8, 4) is 0 Å². The molecule has 2 N–H and O–H groups in total. The fourth-order valence-electron chi connectivity index (χ4n) is 3.69. The highest BCUT2D eigenvalue weighted by molar-refractivity contribution is 5.90. The van der Waals surface area contributed by atoms with E-state index in [2.05, 4.69) is 44.6 Å². The first-order valence-electron chi connectivity index (χ1n) is 10.0. The van der Waals surface area contributed by atoms with Crippen LogP contribution in [0.5, 0.6) is 0 Å². The van der Waals surface area contributed by atoms with Gasteiger partial charge in [-0.05, 0) is 32.4 Å². The van der Waals surface area contributed by atoms with Crippen molar-refractivity contribution in [3.05, 3.63) is 41.6 Å². The van der Waals surface area contributed by atoms with E-state index < -0.39 is 0 Å². The molecule has 2 fully saturated rings. The van der Waals surface area contributed by atoms with Gasteiger partial charge in [-0.1, -0.05) is 17.7 Å². The Labute approximate surface area is 170 Å². The molecule has 2 saturated heterocycles. The van der Waals surface area contributed by atoms with Gasteiger partial charge in [0.05, 0.1) is 0 Å². The number of nitrogens with zero attached hydrogens (tertiary/aromatic N) is 4. The van der Waals surface area contributed by atoms with Crippen LogP contribution in [-0.2, 0) is 9.59 Å². The van der Waals surface area contributed by atoms with Gasteiger partial charge in [0.15, 0.2) is 0 Å². The third kappa shape index (κ3) is 4.47. The van der Waals surface area contributed by atoms with Crippen LogP contribution in [0.25, 0.3) is 0 Å². The van der Waals surface area contributed by atoms with Gasteiger partial charge in [0.1, 0.15) is 11.9 Å². The van der Waals surface area contributed by atoms with Crippen LogP contribution in [0.15, 0.2) is 30.3 Å². The SMILES string of the molecule is Cc1ccc(Nc2cc(C)nc(N3CCN(C(=O)C4CCC(=O)N4)CC3)n2)cc1. The van der Waals surface area contributed by atoms with Gasteiger partial charge in [0, 0.05) is 50.0 Å². The van der Waals surface area contributed by atoms with Crippen molar-refractivity contribution in [1.29, 1.82) is 0 Å². The number of hydrogen-bond donors (Lipinski definition) is 2. The van der Waals surface area contributed by atoms with E-state index in [1.807, 2.05) is 30.0 Å². The second-order valence-electron chi connectivity index (χ2n) is 7.66. The van der Waals surface area contributed by atoms with Crippen LogP contribution in [0.2, 0.25) is 0 Å². The summed E-state index contributed by atoms with van der Waals surface area (Å²) in [4.78, 5) is 37.1. The number of rotatable bonds is 4. The lowest BCUT2D eigenvalue weighted by molar-refractivity contribution is -0.134.